The molecule has 1 aliphatic carbocycles. The lowest BCUT2D eigenvalue weighted by molar-refractivity contribution is 0.660. The van der Waals surface area contributed by atoms with E-state index < -0.39 is 0 Å². The Kier molecular flexibility index (Phi) is 4.97. The zero-order valence-corrected chi connectivity index (χ0v) is 20.4. The van der Waals surface area contributed by atoms with Crippen LogP contribution in [0.15, 0.2) is 126 Å². The van der Waals surface area contributed by atoms with Gasteiger partial charge >= 0.3 is 0 Å². The Balaban J connectivity index is 1.28. The molecule has 4 heteroatoms. The number of allylic oxidation sites excluding steroid dienone is 4. The highest BCUT2D eigenvalue weighted by Crippen LogP contribution is 2.51. The lowest BCUT2D eigenvalue weighted by Gasteiger charge is -2.22. The summed E-state index contributed by atoms with van der Waals surface area (Å²) in [5, 5.41) is 1.23. The van der Waals surface area contributed by atoms with Gasteiger partial charge in [-0.05, 0) is 77.6 Å². The molecule has 168 valence electrons. The second kappa shape index (κ2) is 8.33. The fraction of sp³-hybridized carbons (Fsp3) is 0.0645. The maximum atomic E-state index is 12.9. The van der Waals surface area contributed by atoms with Crippen molar-refractivity contribution in [2.24, 2.45) is 0 Å². The van der Waals surface area contributed by atoms with Gasteiger partial charge in [0, 0.05) is 19.6 Å². The van der Waals surface area contributed by atoms with Crippen molar-refractivity contribution < 1.29 is 4.42 Å². The minimum absolute atomic E-state index is 0.0149. The van der Waals surface area contributed by atoms with Gasteiger partial charge in [-0.2, -0.15) is 0 Å². The molecule has 4 aromatic carbocycles. The molecule has 0 saturated heterocycles. The van der Waals surface area contributed by atoms with Gasteiger partial charge in [-0.1, -0.05) is 78.2 Å². The molecule has 2 aliphatic rings. The summed E-state index contributed by atoms with van der Waals surface area (Å²) < 4.78 is 6.10. The first-order valence-electron chi connectivity index (χ1n) is 11.7. The van der Waals surface area contributed by atoms with Crippen LogP contribution in [0.1, 0.15) is 18.4 Å². The summed E-state index contributed by atoms with van der Waals surface area (Å²) in [7, 11) is 0. The number of benzene rings is 4. The van der Waals surface area contributed by atoms with Crippen LogP contribution in [-0.2, 0) is 0 Å². The summed E-state index contributed by atoms with van der Waals surface area (Å²) >= 11 is 3.69. The Hall–Kier alpha value is -3.47. The van der Waals surface area contributed by atoms with E-state index in [1.165, 1.54) is 30.7 Å². The number of para-hydroxylation sites is 1. The zero-order valence-electron chi connectivity index (χ0n) is 18.8. The summed E-state index contributed by atoms with van der Waals surface area (Å²) in [6.45, 7) is 0. The van der Waals surface area contributed by atoms with Crippen molar-refractivity contribution in [3.63, 3.8) is 0 Å². The lowest BCUT2D eigenvalue weighted by Crippen LogP contribution is -2.01. The Morgan fingerprint density at radius 1 is 0.686 bits per heavy atom. The third-order valence-electron chi connectivity index (χ3n) is 6.57. The van der Waals surface area contributed by atoms with Crippen molar-refractivity contribution in [2.45, 2.75) is 32.4 Å². The van der Waals surface area contributed by atoms with Gasteiger partial charge in [0.1, 0.15) is 11.2 Å². The van der Waals surface area contributed by atoms with Crippen LogP contribution in [0, 0.1) is 0 Å². The lowest BCUT2D eigenvalue weighted by atomic mass is 10.00. The van der Waals surface area contributed by atoms with E-state index in [0.717, 1.165) is 24.0 Å². The average Bonchev–Trinajstić information content (AvgIpc) is 2.91. The molecule has 2 nitrogen and oxygen atoms in total. The van der Waals surface area contributed by atoms with E-state index in [4.69, 9.17) is 4.42 Å². The highest BCUT2D eigenvalue weighted by atomic mass is 32.2. The van der Waals surface area contributed by atoms with Crippen molar-refractivity contribution >= 4 is 51.0 Å². The summed E-state index contributed by atoms with van der Waals surface area (Å²) in [5.74, 6) is 0. The fourth-order valence-corrected chi connectivity index (χ4v) is 7.22. The summed E-state index contributed by atoms with van der Waals surface area (Å²) in [6, 6.07) is 26.6. The second-order valence-corrected chi connectivity index (χ2v) is 10.9. The molecule has 0 amide bonds. The van der Waals surface area contributed by atoms with Crippen LogP contribution in [0.5, 0.6) is 0 Å². The molecule has 0 unspecified atom stereocenters. The molecule has 0 radical (unpaired) electrons. The molecule has 1 aliphatic heterocycles. The van der Waals surface area contributed by atoms with Gasteiger partial charge < -0.3 is 4.42 Å². The highest BCUT2D eigenvalue weighted by Gasteiger charge is 2.21. The van der Waals surface area contributed by atoms with E-state index >= 15 is 0 Å². The van der Waals surface area contributed by atoms with Crippen molar-refractivity contribution in [3.05, 3.63) is 113 Å². The van der Waals surface area contributed by atoms with Crippen LogP contribution in [-0.4, -0.2) is 0 Å². The topological polar surface area (TPSA) is 30.2 Å². The van der Waals surface area contributed by atoms with Crippen LogP contribution in [0.3, 0.4) is 0 Å². The first kappa shape index (κ1) is 20.9. The predicted molar refractivity (Wildman–Crippen MR) is 146 cm³/mol. The molecule has 2 heterocycles. The molecule has 5 aromatic rings. The molecule has 0 spiro atoms. The second-order valence-electron chi connectivity index (χ2n) is 8.78. The summed E-state index contributed by atoms with van der Waals surface area (Å²) in [6.07, 6.45) is 9.10. The highest BCUT2D eigenvalue weighted by molar-refractivity contribution is 8.05. The number of rotatable bonds is 2. The monoisotopic (exact) mass is 488 g/mol. The normalized spacial score (nSPS) is 14.6. The third kappa shape index (κ3) is 3.56. The van der Waals surface area contributed by atoms with Gasteiger partial charge in [0.25, 0.3) is 0 Å². The minimum Gasteiger partial charge on any atom is -0.456 e. The maximum absolute atomic E-state index is 12.9. The molecule has 0 fully saturated rings. The van der Waals surface area contributed by atoms with Gasteiger partial charge in [0.05, 0.1) is 10.8 Å². The summed E-state index contributed by atoms with van der Waals surface area (Å²) in [4.78, 5) is 18.1. The molecular weight excluding hydrogens is 468 g/mol. The Labute approximate surface area is 211 Å². The van der Waals surface area contributed by atoms with Crippen LogP contribution in [0.4, 0.5) is 0 Å². The van der Waals surface area contributed by atoms with Crippen molar-refractivity contribution in [1.29, 1.82) is 0 Å². The SMILES string of the molecule is O=c1c2ccccc2oc2cc(-c3ccc4c(c3)Sc3cccc(C5=CCCC=C5)c3S4)ccc12. The quantitative estimate of drug-likeness (QED) is 0.228. The first-order valence-corrected chi connectivity index (χ1v) is 13.3. The number of hydrogen-bond donors (Lipinski definition) is 0. The van der Waals surface area contributed by atoms with Crippen molar-refractivity contribution in [2.75, 3.05) is 0 Å². The van der Waals surface area contributed by atoms with Gasteiger partial charge in [-0.15, -0.1) is 0 Å². The Morgan fingerprint density at radius 2 is 1.54 bits per heavy atom. The number of hydrogen-bond acceptors (Lipinski definition) is 4. The van der Waals surface area contributed by atoms with Gasteiger partial charge in [0.15, 0.2) is 0 Å². The van der Waals surface area contributed by atoms with Gasteiger partial charge in [-0.25, -0.2) is 0 Å². The maximum Gasteiger partial charge on any atom is 0.200 e. The molecule has 7 rings (SSSR count). The Bertz CT molecular complexity index is 1780. The molecule has 0 atom stereocenters. The largest absolute Gasteiger partial charge is 0.456 e. The summed E-state index contributed by atoms with van der Waals surface area (Å²) in [5.41, 5.74) is 6.06. The van der Waals surface area contributed by atoms with E-state index in [1.54, 1.807) is 0 Å². The standard InChI is InChI=1S/C31H20O2S2/c32-30-23-9-4-5-11-25(23)33-26-17-20(13-15-24(26)30)21-14-16-27-29(18-21)34-28-12-6-10-22(31(28)35-27)19-7-2-1-3-8-19/h2,4-18H,1,3H2. The van der Waals surface area contributed by atoms with E-state index in [2.05, 4.69) is 54.6 Å². The van der Waals surface area contributed by atoms with E-state index in [-0.39, 0.29) is 5.43 Å². The van der Waals surface area contributed by atoms with Crippen LogP contribution in [0.25, 0.3) is 38.6 Å². The van der Waals surface area contributed by atoms with E-state index in [0.29, 0.717) is 21.9 Å². The zero-order chi connectivity index (χ0) is 23.4. The molecule has 0 saturated carbocycles. The first-order chi connectivity index (χ1) is 17.2. The smallest absolute Gasteiger partial charge is 0.200 e. The van der Waals surface area contributed by atoms with E-state index in [9.17, 15) is 4.79 Å². The van der Waals surface area contributed by atoms with E-state index in [1.807, 2.05) is 66.0 Å². The number of fused-ring (bicyclic) bond motifs is 4. The van der Waals surface area contributed by atoms with Crippen molar-refractivity contribution in [1.82, 2.24) is 0 Å². The molecule has 1 aromatic heterocycles. The average molecular weight is 489 g/mol. The van der Waals surface area contributed by atoms with Gasteiger partial charge in [0.2, 0.25) is 5.43 Å². The Morgan fingerprint density at radius 3 is 2.46 bits per heavy atom. The third-order valence-corrected chi connectivity index (χ3v) is 9.17. The molecule has 0 bridgehead atoms. The van der Waals surface area contributed by atoms with Crippen molar-refractivity contribution in [3.8, 4) is 11.1 Å². The fourth-order valence-electron chi connectivity index (χ4n) is 4.80. The minimum atomic E-state index is 0.0149. The van der Waals surface area contributed by atoms with Crippen LogP contribution >= 0.6 is 23.5 Å². The van der Waals surface area contributed by atoms with Crippen LogP contribution < -0.4 is 5.43 Å². The molecule has 35 heavy (non-hydrogen) atoms. The predicted octanol–water partition coefficient (Wildman–Crippen LogP) is 8.96. The molecular formula is C31H20O2S2. The van der Waals surface area contributed by atoms with Gasteiger partial charge in [-0.3, -0.25) is 4.79 Å². The molecule has 0 N–H and O–H groups in total. The van der Waals surface area contributed by atoms with Crippen LogP contribution in [0.2, 0.25) is 0 Å².